The largest absolute Gasteiger partial charge is 0.478 e. The number of aromatic carboxylic acids is 1. The van der Waals surface area contributed by atoms with Crippen molar-refractivity contribution in [3.63, 3.8) is 0 Å². The summed E-state index contributed by atoms with van der Waals surface area (Å²) < 4.78 is 6.17. The number of nitrogens with two attached hydrogens (primary N) is 1. The smallest absolute Gasteiger partial charge is 0.338 e. The Kier molecular flexibility index (Phi) is 3.39. The van der Waals surface area contributed by atoms with E-state index in [-0.39, 0.29) is 5.56 Å². The summed E-state index contributed by atoms with van der Waals surface area (Å²) in [4.78, 5) is 14.8. The highest BCUT2D eigenvalue weighted by Gasteiger charge is 2.10. The van der Waals surface area contributed by atoms with Gasteiger partial charge in [0, 0.05) is 0 Å². The standard InChI is InChI=1S/C10H10N2O3S2/c1-5-9(17-10(11)12-5)16-4-7-2-6(3-15-7)8(13)14/h2-3H,4H2,1H3,(H2,11,12)(H,13,14). The molecule has 0 unspecified atom stereocenters. The van der Waals surface area contributed by atoms with Gasteiger partial charge < -0.3 is 15.3 Å². The molecular weight excluding hydrogens is 260 g/mol. The van der Waals surface area contributed by atoms with E-state index in [1.807, 2.05) is 6.92 Å². The number of rotatable bonds is 4. The molecule has 90 valence electrons. The lowest BCUT2D eigenvalue weighted by molar-refractivity contribution is 0.0696. The number of nitrogen functional groups attached to an aromatic ring is 1. The van der Waals surface area contributed by atoms with Crippen LogP contribution in [0.5, 0.6) is 0 Å². The Morgan fingerprint density at radius 1 is 1.71 bits per heavy atom. The minimum Gasteiger partial charge on any atom is -0.478 e. The number of carbonyl (C=O) groups is 1. The first-order valence-electron chi connectivity index (χ1n) is 4.72. The molecule has 2 aromatic heterocycles. The van der Waals surface area contributed by atoms with Gasteiger partial charge in [-0.25, -0.2) is 9.78 Å². The van der Waals surface area contributed by atoms with Crippen LogP contribution in [-0.2, 0) is 5.75 Å². The molecule has 0 spiro atoms. The number of aryl methyl sites for hydroxylation is 1. The summed E-state index contributed by atoms with van der Waals surface area (Å²) in [5.74, 6) is 0.206. The third-order valence-corrected chi connectivity index (χ3v) is 4.39. The number of hydrogen-bond donors (Lipinski definition) is 2. The summed E-state index contributed by atoms with van der Waals surface area (Å²) in [6.45, 7) is 1.89. The molecule has 2 aromatic rings. The molecule has 0 aliphatic heterocycles. The van der Waals surface area contributed by atoms with Crippen molar-refractivity contribution >= 4 is 34.2 Å². The molecule has 0 aromatic carbocycles. The van der Waals surface area contributed by atoms with Crippen LogP contribution in [0.25, 0.3) is 0 Å². The van der Waals surface area contributed by atoms with Crippen molar-refractivity contribution in [3.05, 3.63) is 29.3 Å². The van der Waals surface area contributed by atoms with Crippen molar-refractivity contribution in [1.82, 2.24) is 4.98 Å². The van der Waals surface area contributed by atoms with Crippen molar-refractivity contribution < 1.29 is 14.3 Å². The van der Waals surface area contributed by atoms with E-state index >= 15 is 0 Å². The number of carboxylic acids is 1. The molecule has 0 saturated heterocycles. The molecule has 0 aliphatic rings. The molecule has 2 heterocycles. The van der Waals surface area contributed by atoms with Gasteiger partial charge in [0.25, 0.3) is 0 Å². The van der Waals surface area contributed by atoms with E-state index in [0.29, 0.717) is 16.6 Å². The Morgan fingerprint density at radius 3 is 3.00 bits per heavy atom. The van der Waals surface area contributed by atoms with Crippen LogP contribution in [0.3, 0.4) is 0 Å². The summed E-state index contributed by atoms with van der Waals surface area (Å²) >= 11 is 2.95. The minimum atomic E-state index is -0.983. The Bertz CT molecular complexity index is 547. The lowest BCUT2D eigenvalue weighted by Gasteiger charge is -1.95. The van der Waals surface area contributed by atoms with E-state index in [0.717, 1.165) is 9.90 Å². The molecule has 0 atom stereocenters. The maximum atomic E-state index is 10.7. The topological polar surface area (TPSA) is 89.3 Å². The summed E-state index contributed by atoms with van der Waals surface area (Å²) in [6, 6.07) is 1.52. The molecule has 2 rings (SSSR count). The van der Waals surface area contributed by atoms with Gasteiger partial charge in [-0.15, -0.1) is 11.8 Å². The summed E-state index contributed by atoms with van der Waals surface area (Å²) in [7, 11) is 0. The predicted octanol–water partition coefficient (Wildman–Crippen LogP) is 2.62. The number of hydrogen-bond acceptors (Lipinski definition) is 6. The van der Waals surface area contributed by atoms with E-state index in [9.17, 15) is 4.79 Å². The minimum absolute atomic E-state index is 0.168. The van der Waals surface area contributed by atoms with E-state index in [1.54, 1.807) is 0 Å². The molecule has 7 heteroatoms. The zero-order valence-electron chi connectivity index (χ0n) is 8.97. The van der Waals surface area contributed by atoms with Gasteiger partial charge in [0.15, 0.2) is 5.13 Å². The maximum Gasteiger partial charge on any atom is 0.338 e. The first-order chi connectivity index (χ1) is 8.06. The van der Waals surface area contributed by atoms with Gasteiger partial charge in [0.2, 0.25) is 0 Å². The quantitative estimate of drug-likeness (QED) is 0.830. The molecule has 17 heavy (non-hydrogen) atoms. The molecule has 0 bridgehead atoms. The summed E-state index contributed by atoms with van der Waals surface area (Å²) in [5, 5.41) is 9.28. The molecule has 0 radical (unpaired) electrons. The molecule has 0 saturated carbocycles. The Hall–Kier alpha value is -1.47. The van der Waals surface area contributed by atoms with Crippen LogP contribution >= 0.6 is 23.1 Å². The zero-order valence-corrected chi connectivity index (χ0v) is 10.6. The maximum absolute atomic E-state index is 10.7. The van der Waals surface area contributed by atoms with Crippen molar-refractivity contribution in [3.8, 4) is 0 Å². The average molecular weight is 270 g/mol. The van der Waals surface area contributed by atoms with Crippen LogP contribution in [0.4, 0.5) is 5.13 Å². The van der Waals surface area contributed by atoms with Crippen LogP contribution < -0.4 is 5.73 Å². The number of nitrogens with zero attached hydrogens (tertiary/aromatic N) is 1. The van der Waals surface area contributed by atoms with Gasteiger partial charge >= 0.3 is 5.97 Å². The van der Waals surface area contributed by atoms with Gasteiger partial charge in [-0.1, -0.05) is 11.3 Å². The first kappa shape index (κ1) is 12.0. The summed E-state index contributed by atoms with van der Waals surface area (Å²) in [5.41, 5.74) is 6.64. The monoisotopic (exact) mass is 270 g/mol. The van der Waals surface area contributed by atoms with Crippen LogP contribution in [-0.4, -0.2) is 16.1 Å². The molecule has 0 aliphatic carbocycles. The fourth-order valence-corrected chi connectivity index (χ4v) is 3.16. The van der Waals surface area contributed by atoms with Crippen molar-refractivity contribution in [2.75, 3.05) is 5.73 Å². The lowest BCUT2D eigenvalue weighted by atomic mass is 10.3. The van der Waals surface area contributed by atoms with Gasteiger partial charge in [0.1, 0.15) is 12.0 Å². The normalized spacial score (nSPS) is 10.6. The van der Waals surface area contributed by atoms with E-state index < -0.39 is 5.97 Å². The number of furan rings is 1. The van der Waals surface area contributed by atoms with Gasteiger partial charge in [-0.3, -0.25) is 0 Å². The molecule has 0 amide bonds. The van der Waals surface area contributed by atoms with Crippen molar-refractivity contribution in [2.24, 2.45) is 0 Å². The van der Waals surface area contributed by atoms with E-state index in [1.165, 1.54) is 35.4 Å². The van der Waals surface area contributed by atoms with Crippen LogP contribution in [0.1, 0.15) is 21.8 Å². The van der Waals surface area contributed by atoms with Crippen LogP contribution in [0.15, 0.2) is 21.0 Å². The average Bonchev–Trinajstić information content (AvgIpc) is 2.82. The lowest BCUT2D eigenvalue weighted by Crippen LogP contribution is -1.91. The molecule has 0 fully saturated rings. The van der Waals surface area contributed by atoms with E-state index in [2.05, 4.69) is 4.98 Å². The second kappa shape index (κ2) is 4.80. The van der Waals surface area contributed by atoms with Gasteiger partial charge in [-0.2, -0.15) is 0 Å². The second-order valence-corrected chi connectivity index (χ2v) is 5.60. The molecule has 3 N–H and O–H groups in total. The Morgan fingerprint density at radius 2 is 2.47 bits per heavy atom. The van der Waals surface area contributed by atoms with Crippen LogP contribution in [0.2, 0.25) is 0 Å². The number of aromatic nitrogens is 1. The SMILES string of the molecule is Cc1nc(N)sc1SCc1cc(C(=O)O)co1. The highest BCUT2D eigenvalue weighted by molar-refractivity contribution is 8.00. The van der Waals surface area contributed by atoms with Crippen molar-refractivity contribution in [1.29, 1.82) is 0 Å². The fourth-order valence-electron chi connectivity index (χ4n) is 1.24. The second-order valence-electron chi connectivity index (χ2n) is 3.32. The zero-order chi connectivity index (χ0) is 12.4. The van der Waals surface area contributed by atoms with Crippen molar-refractivity contribution in [2.45, 2.75) is 16.9 Å². The fraction of sp³-hybridized carbons (Fsp3) is 0.200. The molecular formula is C10H10N2O3S2. The number of carboxylic acid groups (broad SMARTS) is 1. The van der Waals surface area contributed by atoms with E-state index in [4.69, 9.17) is 15.3 Å². The number of anilines is 1. The number of thioether (sulfide) groups is 1. The van der Waals surface area contributed by atoms with Gasteiger partial charge in [0.05, 0.1) is 21.2 Å². The Balaban J connectivity index is 2.02. The highest BCUT2D eigenvalue weighted by atomic mass is 32.2. The van der Waals surface area contributed by atoms with Gasteiger partial charge in [-0.05, 0) is 13.0 Å². The third-order valence-electron chi connectivity index (χ3n) is 2.02. The van der Waals surface area contributed by atoms with Crippen LogP contribution in [0, 0.1) is 6.92 Å². The molecule has 5 nitrogen and oxygen atoms in total. The highest BCUT2D eigenvalue weighted by Crippen LogP contribution is 2.32. The summed E-state index contributed by atoms with van der Waals surface area (Å²) in [6.07, 6.45) is 1.24. The third kappa shape index (κ3) is 2.80. The Labute approximate surface area is 106 Å². The predicted molar refractivity (Wildman–Crippen MR) is 66.5 cm³/mol. The number of thiazole rings is 1. The first-order valence-corrected chi connectivity index (χ1v) is 6.53.